The molecule has 5 nitrogen and oxygen atoms in total. The van der Waals surface area contributed by atoms with E-state index in [2.05, 4.69) is 9.97 Å². The molecule has 3 rings (SSSR count). The first kappa shape index (κ1) is 13.9. The first-order valence-corrected chi connectivity index (χ1v) is 6.33. The number of halogens is 2. The molecule has 110 valence electrons. The van der Waals surface area contributed by atoms with E-state index in [-0.39, 0.29) is 11.5 Å². The highest BCUT2D eigenvalue weighted by atomic mass is 19.1. The largest absolute Gasteiger partial charge is 0.351 e. The minimum atomic E-state index is -0.896. The fraction of sp³-hybridized carbons (Fsp3) is 0. The van der Waals surface area contributed by atoms with E-state index in [0.717, 1.165) is 16.7 Å². The number of imidazole rings is 1. The van der Waals surface area contributed by atoms with E-state index in [1.54, 1.807) is 24.4 Å². The third-order valence-corrected chi connectivity index (χ3v) is 3.06. The van der Waals surface area contributed by atoms with Gasteiger partial charge in [0, 0.05) is 12.4 Å². The monoisotopic (exact) mass is 300 g/mol. The van der Waals surface area contributed by atoms with Crippen molar-refractivity contribution in [2.45, 2.75) is 0 Å². The minimum Gasteiger partial charge on any atom is -0.351 e. The van der Waals surface area contributed by atoms with Gasteiger partial charge in [-0.2, -0.15) is 0 Å². The number of hydrogen-bond acceptors (Lipinski definition) is 3. The molecule has 22 heavy (non-hydrogen) atoms. The Balaban J connectivity index is 2.24. The second-order valence-electron chi connectivity index (χ2n) is 4.47. The summed E-state index contributed by atoms with van der Waals surface area (Å²) in [6, 6.07) is 7.60. The summed E-state index contributed by atoms with van der Waals surface area (Å²) in [7, 11) is 0. The Morgan fingerprint density at radius 1 is 1.05 bits per heavy atom. The molecule has 0 atom stereocenters. The van der Waals surface area contributed by atoms with E-state index in [1.807, 2.05) is 0 Å². The fourth-order valence-electron chi connectivity index (χ4n) is 2.07. The molecule has 2 heterocycles. The lowest BCUT2D eigenvalue weighted by Gasteiger charge is -2.05. The molecule has 0 bridgehead atoms. The number of amides is 1. The van der Waals surface area contributed by atoms with E-state index in [9.17, 15) is 13.6 Å². The van der Waals surface area contributed by atoms with Gasteiger partial charge in [0.05, 0.1) is 11.3 Å². The third-order valence-electron chi connectivity index (χ3n) is 3.06. The zero-order valence-corrected chi connectivity index (χ0v) is 11.2. The van der Waals surface area contributed by atoms with Crippen LogP contribution in [0.2, 0.25) is 0 Å². The van der Waals surface area contributed by atoms with E-state index in [0.29, 0.717) is 5.69 Å². The summed E-state index contributed by atoms with van der Waals surface area (Å²) in [6.45, 7) is 0. The number of carbonyl (C=O) groups is 1. The summed E-state index contributed by atoms with van der Waals surface area (Å²) < 4.78 is 28.8. The lowest BCUT2D eigenvalue weighted by atomic mass is 10.2. The SMILES string of the molecule is NC(=O)n1cc(-c2ccccn2)nc1-c1c(F)cccc1F. The predicted molar refractivity (Wildman–Crippen MR) is 75.8 cm³/mol. The van der Waals surface area contributed by atoms with Crippen molar-refractivity contribution in [3.63, 3.8) is 0 Å². The Morgan fingerprint density at radius 2 is 1.77 bits per heavy atom. The summed E-state index contributed by atoms with van der Waals surface area (Å²) in [5.41, 5.74) is 5.60. The van der Waals surface area contributed by atoms with Crippen molar-refractivity contribution >= 4 is 6.03 Å². The molecule has 1 amide bonds. The Morgan fingerprint density at radius 3 is 2.36 bits per heavy atom. The minimum absolute atomic E-state index is 0.205. The Labute approximate surface area is 124 Å². The van der Waals surface area contributed by atoms with Gasteiger partial charge in [-0.25, -0.2) is 18.6 Å². The summed E-state index contributed by atoms with van der Waals surface area (Å²) in [6.07, 6.45) is 2.84. The number of primary amides is 1. The normalized spacial score (nSPS) is 10.6. The molecule has 2 N–H and O–H groups in total. The summed E-state index contributed by atoms with van der Waals surface area (Å²) >= 11 is 0. The number of pyridine rings is 1. The number of rotatable bonds is 2. The van der Waals surface area contributed by atoms with Crippen LogP contribution in [0.25, 0.3) is 22.8 Å². The van der Waals surface area contributed by atoms with Crippen LogP contribution in [0.1, 0.15) is 0 Å². The number of nitrogens with zero attached hydrogens (tertiary/aromatic N) is 3. The van der Waals surface area contributed by atoms with Crippen molar-refractivity contribution in [1.29, 1.82) is 0 Å². The maximum absolute atomic E-state index is 13.9. The molecule has 0 aliphatic heterocycles. The zero-order chi connectivity index (χ0) is 15.7. The van der Waals surface area contributed by atoms with Crippen LogP contribution in [-0.2, 0) is 0 Å². The second kappa shape index (κ2) is 5.36. The molecule has 7 heteroatoms. The number of benzene rings is 1. The highest BCUT2D eigenvalue weighted by Crippen LogP contribution is 2.27. The second-order valence-corrected chi connectivity index (χ2v) is 4.47. The molecule has 0 aliphatic rings. The summed E-state index contributed by atoms with van der Waals surface area (Å²) in [4.78, 5) is 19.7. The molecular formula is C15H10F2N4O. The number of carbonyl (C=O) groups excluding carboxylic acids is 1. The van der Waals surface area contributed by atoms with Crippen molar-refractivity contribution in [2.24, 2.45) is 5.73 Å². The van der Waals surface area contributed by atoms with Crippen molar-refractivity contribution in [2.75, 3.05) is 0 Å². The average molecular weight is 300 g/mol. The molecule has 0 aliphatic carbocycles. The Bertz CT molecular complexity index is 826. The van der Waals surface area contributed by atoms with Gasteiger partial charge in [0.1, 0.15) is 17.3 Å². The van der Waals surface area contributed by atoms with Crippen LogP contribution in [0, 0.1) is 11.6 Å². The van der Waals surface area contributed by atoms with Crippen LogP contribution < -0.4 is 5.73 Å². The van der Waals surface area contributed by atoms with Crippen LogP contribution in [0.5, 0.6) is 0 Å². The van der Waals surface area contributed by atoms with Crippen molar-refractivity contribution in [3.8, 4) is 22.8 Å². The van der Waals surface area contributed by atoms with Crippen LogP contribution >= 0.6 is 0 Å². The molecular weight excluding hydrogens is 290 g/mol. The first-order chi connectivity index (χ1) is 10.6. The predicted octanol–water partition coefficient (Wildman–Crippen LogP) is 2.82. The van der Waals surface area contributed by atoms with Crippen molar-refractivity contribution in [1.82, 2.24) is 14.5 Å². The molecule has 0 radical (unpaired) electrons. The van der Waals surface area contributed by atoms with Gasteiger partial charge in [0.2, 0.25) is 0 Å². The van der Waals surface area contributed by atoms with E-state index < -0.39 is 23.2 Å². The quantitative estimate of drug-likeness (QED) is 0.791. The lowest BCUT2D eigenvalue weighted by Crippen LogP contribution is -2.20. The van der Waals surface area contributed by atoms with Crippen LogP contribution in [0.3, 0.4) is 0 Å². The van der Waals surface area contributed by atoms with E-state index in [1.165, 1.54) is 12.3 Å². The van der Waals surface area contributed by atoms with Gasteiger partial charge >= 0.3 is 6.03 Å². The number of hydrogen-bond donors (Lipinski definition) is 1. The van der Waals surface area contributed by atoms with Crippen LogP contribution in [0.4, 0.5) is 13.6 Å². The molecule has 1 aromatic carbocycles. The molecule has 3 aromatic rings. The summed E-state index contributed by atoms with van der Waals surface area (Å²) in [5.74, 6) is -1.87. The summed E-state index contributed by atoms with van der Waals surface area (Å²) in [5, 5.41) is 0. The highest BCUT2D eigenvalue weighted by Gasteiger charge is 2.21. The van der Waals surface area contributed by atoms with Gasteiger partial charge in [-0.3, -0.25) is 9.55 Å². The molecule has 0 spiro atoms. The number of aromatic nitrogens is 3. The first-order valence-electron chi connectivity index (χ1n) is 6.33. The highest BCUT2D eigenvalue weighted by molar-refractivity contribution is 5.82. The molecule has 0 saturated heterocycles. The third kappa shape index (κ3) is 2.32. The van der Waals surface area contributed by atoms with Gasteiger partial charge in [0.15, 0.2) is 5.82 Å². The van der Waals surface area contributed by atoms with Gasteiger partial charge in [-0.1, -0.05) is 12.1 Å². The van der Waals surface area contributed by atoms with Gasteiger partial charge in [0.25, 0.3) is 0 Å². The number of nitrogens with two attached hydrogens (primary N) is 1. The topological polar surface area (TPSA) is 73.8 Å². The van der Waals surface area contributed by atoms with Crippen LogP contribution in [0.15, 0.2) is 48.8 Å². The molecule has 2 aromatic heterocycles. The van der Waals surface area contributed by atoms with E-state index in [4.69, 9.17) is 5.73 Å². The van der Waals surface area contributed by atoms with Gasteiger partial charge < -0.3 is 5.73 Å². The Hall–Kier alpha value is -3.09. The van der Waals surface area contributed by atoms with Crippen molar-refractivity contribution in [3.05, 3.63) is 60.4 Å². The Kier molecular flexibility index (Phi) is 3.38. The molecule has 0 unspecified atom stereocenters. The smallest absolute Gasteiger partial charge is 0.324 e. The lowest BCUT2D eigenvalue weighted by molar-refractivity contribution is 0.250. The standard InChI is InChI=1S/C15H10F2N4O/c16-9-4-3-5-10(17)13(9)14-20-12(8-21(14)15(18)22)11-6-1-2-7-19-11/h1-8H,(H2,18,22). The van der Waals surface area contributed by atoms with E-state index >= 15 is 0 Å². The fourth-order valence-corrected chi connectivity index (χ4v) is 2.07. The maximum atomic E-state index is 13.9. The van der Waals surface area contributed by atoms with Gasteiger partial charge in [-0.15, -0.1) is 0 Å². The zero-order valence-electron chi connectivity index (χ0n) is 11.2. The van der Waals surface area contributed by atoms with Crippen molar-refractivity contribution < 1.29 is 13.6 Å². The van der Waals surface area contributed by atoms with Crippen LogP contribution in [-0.4, -0.2) is 20.6 Å². The maximum Gasteiger partial charge on any atom is 0.324 e. The average Bonchev–Trinajstić information content (AvgIpc) is 2.93. The molecule has 0 fully saturated rings. The molecule has 0 saturated carbocycles. The van der Waals surface area contributed by atoms with Gasteiger partial charge in [-0.05, 0) is 24.3 Å².